The van der Waals surface area contributed by atoms with Crippen LogP contribution in [0.3, 0.4) is 0 Å². The quantitative estimate of drug-likeness (QED) is 0.221. The van der Waals surface area contributed by atoms with E-state index in [1.165, 1.54) is 17.5 Å². The number of nitrogens with one attached hydrogen (secondary N) is 1. The minimum Gasteiger partial charge on any atom is -0.495 e. The number of benzene rings is 3. The Hall–Kier alpha value is -3.27. The number of sulfonamides is 1. The van der Waals surface area contributed by atoms with Crippen molar-refractivity contribution >= 4 is 50.7 Å². The number of halogens is 2. The number of carbonyl (C=O) groups is 2. The molecule has 0 spiro atoms. The number of rotatable bonds is 14. The van der Waals surface area contributed by atoms with Gasteiger partial charge in [-0.05, 0) is 60.7 Å². The zero-order chi connectivity index (χ0) is 31.7. The van der Waals surface area contributed by atoms with E-state index in [0.29, 0.717) is 22.9 Å². The highest BCUT2D eigenvalue weighted by Gasteiger charge is 2.32. The summed E-state index contributed by atoms with van der Waals surface area (Å²) in [4.78, 5) is 29.5. The van der Waals surface area contributed by atoms with Crippen molar-refractivity contribution in [3.8, 4) is 5.75 Å². The average molecular weight is 661 g/mol. The molecule has 1 N–H and O–H groups in total. The van der Waals surface area contributed by atoms with E-state index in [1.54, 1.807) is 29.2 Å². The molecule has 0 aromatic heterocycles. The summed E-state index contributed by atoms with van der Waals surface area (Å²) in [5.41, 5.74) is 2.15. The van der Waals surface area contributed by atoms with E-state index in [0.717, 1.165) is 43.1 Å². The van der Waals surface area contributed by atoms with E-state index in [2.05, 4.69) is 5.32 Å². The van der Waals surface area contributed by atoms with Gasteiger partial charge in [-0.3, -0.25) is 13.9 Å². The van der Waals surface area contributed by atoms with E-state index in [4.69, 9.17) is 27.9 Å². The molecule has 8 nitrogen and oxygen atoms in total. The largest absolute Gasteiger partial charge is 0.495 e. The van der Waals surface area contributed by atoms with Gasteiger partial charge in [0.05, 0.1) is 24.1 Å². The number of hydrogen-bond acceptors (Lipinski definition) is 5. The van der Waals surface area contributed by atoms with E-state index >= 15 is 0 Å². The fourth-order valence-corrected chi connectivity index (χ4v) is 6.86. The first-order valence-corrected chi connectivity index (χ1v) is 17.3. The maximum absolute atomic E-state index is 14.0. The van der Waals surface area contributed by atoms with Crippen LogP contribution in [0.4, 0.5) is 5.69 Å². The number of ether oxygens (including phenoxy) is 1. The minimum atomic E-state index is -3.68. The van der Waals surface area contributed by atoms with Gasteiger partial charge in [-0.2, -0.15) is 0 Å². The lowest BCUT2D eigenvalue weighted by Crippen LogP contribution is -2.52. The van der Waals surface area contributed by atoms with Gasteiger partial charge in [-0.15, -0.1) is 0 Å². The smallest absolute Gasteiger partial charge is 0.243 e. The van der Waals surface area contributed by atoms with Gasteiger partial charge in [-0.1, -0.05) is 78.5 Å². The van der Waals surface area contributed by atoms with E-state index in [1.807, 2.05) is 42.5 Å². The van der Waals surface area contributed by atoms with Gasteiger partial charge >= 0.3 is 0 Å². The summed E-state index contributed by atoms with van der Waals surface area (Å²) in [6, 6.07) is 20.9. The molecule has 0 saturated heterocycles. The third-order valence-electron chi connectivity index (χ3n) is 7.81. The number of hydrogen-bond donors (Lipinski definition) is 1. The van der Waals surface area contributed by atoms with Gasteiger partial charge in [0.25, 0.3) is 0 Å². The van der Waals surface area contributed by atoms with E-state index in [9.17, 15) is 18.0 Å². The molecule has 0 bridgehead atoms. The molecule has 1 fully saturated rings. The predicted molar refractivity (Wildman–Crippen MR) is 176 cm³/mol. The maximum Gasteiger partial charge on any atom is 0.243 e. The van der Waals surface area contributed by atoms with Crippen LogP contribution < -0.4 is 14.4 Å². The topological polar surface area (TPSA) is 96.0 Å². The van der Waals surface area contributed by atoms with Crippen LogP contribution in [0.2, 0.25) is 10.0 Å². The Kier molecular flexibility index (Phi) is 11.9. The molecule has 1 saturated carbocycles. The average Bonchev–Trinajstić information content (AvgIpc) is 3.51. The molecular weight excluding hydrogens is 621 g/mol. The fourth-order valence-electron chi connectivity index (χ4n) is 5.52. The van der Waals surface area contributed by atoms with Gasteiger partial charge in [0.1, 0.15) is 11.8 Å². The summed E-state index contributed by atoms with van der Waals surface area (Å²) in [7, 11) is -2.19. The lowest BCUT2D eigenvalue weighted by Gasteiger charge is -2.33. The van der Waals surface area contributed by atoms with Crippen LogP contribution in [0.25, 0.3) is 0 Å². The Morgan fingerprint density at radius 3 is 2.27 bits per heavy atom. The highest BCUT2D eigenvalue weighted by molar-refractivity contribution is 7.92. The second-order valence-electron chi connectivity index (χ2n) is 11.1. The number of methoxy groups -OCH3 is 1. The zero-order valence-corrected chi connectivity index (χ0v) is 27.4. The number of anilines is 1. The molecular formula is C33H39Cl2N3O5S. The summed E-state index contributed by atoms with van der Waals surface area (Å²) in [6.45, 7) is 0.259. The third kappa shape index (κ3) is 9.36. The Morgan fingerprint density at radius 2 is 1.66 bits per heavy atom. The fraction of sp³-hybridized carbons (Fsp3) is 0.394. The molecule has 11 heteroatoms. The summed E-state index contributed by atoms with van der Waals surface area (Å²) in [5.74, 6) is -0.00500. The Labute approximate surface area is 270 Å². The standard InChI is InChI=1S/C33H39Cl2N3O5S/c1-43-31-19-18-28(22-29(31)35)38(44(2,41)42)20-8-13-32(39)37(23-25-14-16-26(34)17-15-25)30(21-24-9-4-3-5-10-24)33(40)36-27-11-6-7-12-27/h3-5,9-10,14-19,22,27,30H,6-8,11-13,20-21,23H2,1-2H3,(H,36,40). The third-order valence-corrected chi connectivity index (χ3v) is 9.56. The number of amides is 2. The maximum atomic E-state index is 14.0. The molecule has 3 aromatic carbocycles. The van der Waals surface area contributed by atoms with Crippen LogP contribution >= 0.6 is 23.2 Å². The molecule has 1 atom stereocenters. The van der Waals surface area contributed by atoms with Crippen LogP contribution in [0, 0.1) is 0 Å². The lowest BCUT2D eigenvalue weighted by atomic mass is 10.0. The van der Waals surface area contributed by atoms with Gasteiger partial charge in [0.15, 0.2) is 0 Å². The molecule has 1 unspecified atom stereocenters. The first-order chi connectivity index (χ1) is 21.0. The summed E-state index contributed by atoms with van der Waals surface area (Å²) < 4.78 is 31.9. The van der Waals surface area contributed by atoms with Crippen LogP contribution in [-0.4, -0.2) is 57.1 Å². The molecule has 2 amide bonds. The first kappa shape index (κ1) is 33.6. The Balaban J connectivity index is 1.58. The van der Waals surface area contributed by atoms with Crippen molar-refractivity contribution in [3.05, 3.63) is 94.0 Å². The summed E-state index contributed by atoms with van der Waals surface area (Å²) in [6.07, 6.45) is 5.70. The van der Waals surface area contributed by atoms with Crippen molar-refractivity contribution in [2.24, 2.45) is 0 Å². The molecule has 3 aromatic rings. The van der Waals surface area contributed by atoms with Gasteiger partial charge in [0.2, 0.25) is 21.8 Å². The Morgan fingerprint density at radius 1 is 0.977 bits per heavy atom. The number of carbonyl (C=O) groups excluding carboxylic acids is 2. The highest BCUT2D eigenvalue weighted by atomic mass is 35.5. The van der Waals surface area contributed by atoms with Gasteiger partial charge in [-0.25, -0.2) is 8.42 Å². The predicted octanol–water partition coefficient (Wildman–Crippen LogP) is 6.25. The van der Waals surface area contributed by atoms with Gasteiger partial charge < -0.3 is 15.0 Å². The number of nitrogens with zero attached hydrogens (tertiary/aromatic N) is 2. The SMILES string of the molecule is COc1ccc(N(CCCC(=O)N(Cc2ccc(Cl)cc2)C(Cc2ccccc2)C(=O)NC2CCCC2)S(C)(=O)=O)cc1Cl. The first-order valence-electron chi connectivity index (χ1n) is 14.7. The van der Waals surface area contributed by atoms with Crippen LogP contribution in [0.1, 0.15) is 49.7 Å². The van der Waals surface area contributed by atoms with Crippen molar-refractivity contribution in [2.75, 3.05) is 24.2 Å². The molecule has 1 aliphatic rings. The summed E-state index contributed by atoms with van der Waals surface area (Å²) in [5, 5.41) is 4.05. The van der Waals surface area contributed by atoms with Crippen molar-refractivity contribution in [2.45, 2.75) is 63.6 Å². The second-order valence-corrected chi connectivity index (χ2v) is 13.9. The van der Waals surface area contributed by atoms with Gasteiger partial charge in [0, 0.05) is 37.0 Å². The Bertz CT molecular complexity index is 1510. The molecule has 4 rings (SSSR count). The molecule has 0 radical (unpaired) electrons. The molecule has 0 heterocycles. The summed E-state index contributed by atoms with van der Waals surface area (Å²) >= 11 is 12.4. The van der Waals surface area contributed by atoms with Crippen molar-refractivity contribution in [1.29, 1.82) is 0 Å². The van der Waals surface area contributed by atoms with Crippen molar-refractivity contribution < 1.29 is 22.7 Å². The highest BCUT2D eigenvalue weighted by Crippen LogP contribution is 2.30. The van der Waals surface area contributed by atoms with Crippen LogP contribution in [-0.2, 0) is 32.6 Å². The van der Waals surface area contributed by atoms with Crippen molar-refractivity contribution in [3.63, 3.8) is 0 Å². The second kappa shape index (κ2) is 15.6. The van der Waals surface area contributed by atoms with E-state index < -0.39 is 16.1 Å². The van der Waals surface area contributed by atoms with Crippen molar-refractivity contribution in [1.82, 2.24) is 10.2 Å². The lowest BCUT2D eigenvalue weighted by molar-refractivity contribution is -0.141. The van der Waals surface area contributed by atoms with E-state index in [-0.39, 0.29) is 48.8 Å². The normalized spacial score (nSPS) is 14.2. The zero-order valence-electron chi connectivity index (χ0n) is 25.0. The molecule has 1 aliphatic carbocycles. The minimum absolute atomic E-state index is 0.0332. The molecule has 236 valence electrons. The monoisotopic (exact) mass is 659 g/mol. The molecule has 0 aliphatic heterocycles. The van der Waals surface area contributed by atoms with Crippen LogP contribution in [0.15, 0.2) is 72.8 Å². The van der Waals surface area contributed by atoms with Crippen LogP contribution in [0.5, 0.6) is 5.75 Å². The molecule has 44 heavy (non-hydrogen) atoms.